The molecule has 0 bridgehead atoms. The van der Waals surface area contributed by atoms with Gasteiger partial charge in [-0.25, -0.2) is 15.0 Å². The Morgan fingerprint density at radius 1 is 0.358 bits per heavy atom. The van der Waals surface area contributed by atoms with Crippen molar-refractivity contribution < 1.29 is 4.42 Å². The zero-order valence-corrected chi connectivity index (χ0v) is 28.4. The minimum Gasteiger partial charge on any atom is -0.456 e. The monoisotopic (exact) mass is 676 g/mol. The summed E-state index contributed by atoms with van der Waals surface area (Å²) in [5.74, 6) is 1.84. The van der Waals surface area contributed by atoms with E-state index in [0.29, 0.717) is 17.5 Å². The van der Waals surface area contributed by atoms with Crippen LogP contribution in [0, 0.1) is 0 Å². The maximum atomic E-state index is 6.48. The third-order valence-corrected chi connectivity index (χ3v) is 10.3. The van der Waals surface area contributed by atoms with Gasteiger partial charge in [0.1, 0.15) is 11.2 Å². The Hall–Kier alpha value is -7.24. The number of benzene rings is 8. The molecule has 11 rings (SSSR count). The Kier molecular flexibility index (Phi) is 6.48. The summed E-state index contributed by atoms with van der Waals surface area (Å²) in [7, 11) is 0. The molecule has 0 spiro atoms. The quantitative estimate of drug-likeness (QED) is 0.174. The van der Waals surface area contributed by atoms with Gasteiger partial charge in [0.25, 0.3) is 0 Å². The highest BCUT2D eigenvalue weighted by Gasteiger charge is 2.20. The van der Waals surface area contributed by atoms with E-state index in [-0.39, 0.29) is 0 Å². The molecule has 0 unspecified atom stereocenters. The molecule has 0 atom stereocenters. The molecule has 0 N–H and O–H groups in total. The van der Waals surface area contributed by atoms with Crippen molar-refractivity contribution in [2.24, 2.45) is 0 Å². The third kappa shape index (κ3) is 4.71. The molecule has 0 amide bonds. The summed E-state index contributed by atoms with van der Waals surface area (Å²) in [6.45, 7) is 0. The summed E-state index contributed by atoms with van der Waals surface area (Å²) in [6, 6.07) is 56.7. The zero-order chi connectivity index (χ0) is 34.9. The lowest BCUT2D eigenvalue weighted by Crippen LogP contribution is -2.01. The van der Waals surface area contributed by atoms with E-state index in [4.69, 9.17) is 24.4 Å². The maximum absolute atomic E-state index is 6.48. The van der Waals surface area contributed by atoms with Crippen molar-refractivity contribution in [2.75, 3.05) is 0 Å². The van der Waals surface area contributed by atoms with Crippen molar-refractivity contribution in [1.29, 1.82) is 0 Å². The van der Waals surface area contributed by atoms with Crippen LogP contribution in [-0.2, 0) is 0 Å². The number of aromatic nitrogens is 4. The van der Waals surface area contributed by atoms with E-state index in [1.165, 1.54) is 5.39 Å². The second-order valence-electron chi connectivity index (χ2n) is 13.4. The highest BCUT2D eigenvalue weighted by molar-refractivity contribution is 6.22. The summed E-state index contributed by atoms with van der Waals surface area (Å²) >= 11 is 0. The van der Waals surface area contributed by atoms with E-state index >= 15 is 0 Å². The summed E-state index contributed by atoms with van der Waals surface area (Å²) in [6.07, 6.45) is 1.87. The SMILES string of the molecule is c1ccc(-c2nc(-c3cc(-c4cc5oc6ccccc6c5c5cccnc45)c4ccccc4c3)nc(-c3cc4ccccc4c4ccccc34)n2)cc1. The van der Waals surface area contributed by atoms with Gasteiger partial charge in [-0.2, -0.15) is 0 Å². The van der Waals surface area contributed by atoms with Crippen LogP contribution in [0.4, 0.5) is 0 Å². The van der Waals surface area contributed by atoms with Gasteiger partial charge in [0.2, 0.25) is 0 Å². The molecule has 5 nitrogen and oxygen atoms in total. The highest BCUT2D eigenvalue weighted by atomic mass is 16.3. The van der Waals surface area contributed by atoms with Crippen molar-refractivity contribution in [3.05, 3.63) is 170 Å². The molecule has 3 heterocycles. The normalized spacial score (nSPS) is 11.8. The van der Waals surface area contributed by atoms with Gasteiger partial charge in [0.05, 0.1) is 5.52 Å². The van der Waals surface area contributed by atoms with Crippen LogP contribution in [0.15, 0.2) is 174 Å². The Morgan fingerprint density at radius 2 is 0.981 bits per heavy atom. The Labute approximate surface area is 303 Å². The van der Waals surface area contributed by atoms with E-state index in [9.17, 15) is 0 Å². The van der Waals surface area contributed by atoms with Gasteiger partial charge in [-0.3, -0.25) is 4.98 Å². The number of nitrogens with zero attached hydrogens (tertiary/aromatic N) is 4. The van der Waals surface area contributed by atoms with Crippen LogP contribution in [-0.4, -0.2) is 19.9 Å². The van der Waals surface area contributed by atoms with Crippen LogP contribution >= 0.6 is 0 Å². The number of hydrogen-bond donors (Lipinski definition) is 0. The molecular formula is C48H28N4O. The van der Waals surface area contributed by atoms with Gasteiger partial charge in [0.15, 0.2) is 17.5 Å². The molecule has 5 heteroatoms. The molecule has 0 aliphatic rings. The first-order chi connectivity index (χ1) is 26.3. The number of pyridine rings is 1. The predicted molar refractivity (Wildman–Crippen MR) is 217 cm³/mol. The molecule has 53 heavy (non-hydrogen) atoms. The molecular weight excluding hydrogens is 649 g/mol. The van der Waals surface area contributed by atoms with Crippen LogP contribution in [0.25, 0.3) is 110 Å². The number of para-hydroxylation sites is 1. The van der Waals surface area contributed by atoms with Crippen LogP contribution in [0.2, 0.25) is 0 Å². The van der Waals surface area contributed by atoms with Crippen LogP contribution in [0.5, 0.6) is 0 Å². The van der Waals surface area contributed by atoms with E-state index < -0.39 is 0 Å². The first-order valence-electron chi connectivity index (χ1n) is 17.7. The fourth-order valence-electron chi connectivity index (χ4n) is 7.91. The largest absolute Gasteiger partial charge is 0.456 e. The first kappa shape index (κ1) is 29.5. The molecule has 0 saturated heterocycles. The zero-order valence-electron chi connectivity index (χ0n) is 28.4. The second-order valence-corrected chi connectivity index (χ2v) is 13.4. The first-order valence-corrected chi connectivity index (χ1v) is 17.7. The number of rotatable bonds is 4. The summed E-state index contributed by atoms with van der Waals surface area (Å²) < 4.78 is 6.48. The molecule has 3 aromatic heterocycles. The Morgan fingerprint density at radius 3 is 1.81 bits per heavy atom. The second kappa shape index (κ2) is 11.7. The van der Waals surface area contributed by atoms with E-state index in [1.807, 2.05) is 54.7 Å². The van der Waals surface area contributed by atoms with Crippen molar-refractivity contribution in [2.45, 2.75) is 0 Å². The van der Waals surface area contributed by atoms with E-state index in [1.54, 1.807) is 0 Å². The van der Waals surface area contributed by atoms with Crippen molar-refractivity contribution in [1.82, 2.24) is 19.9 Å². The molecule has 246 valence electrons. The van der Waals surface area contributed by atoms with Crippen LogP contribution in [0.1, 0.15) is 0 Å². The maximum Gasteiger partial charge on any atom is 0.164 e. The minimum atomic E-state index is 0.597. The van der Waals surface area contributed by atoms with E-state index in [2.05, 4.69) is 115 Å². The molecule has 0 radical (unpaired) electrons. The predicted octanol–water partition coefficient (Wildman–Crippen LogP) is 12.4. The van der Waals surface area contributed by atoms with Crippen LogP contribution < -0.4 is 0 Å². The molecule has 0 aliphatic heterocycles. The van der Waals surface area contributed by atoms with Crippen molar-refractivity contribution in [3.63, 3.8) is 0 Å². The van der Waals surface area contributed by atoms with E-state index in [0.717, 1.165) is 87.6 Å². The average Bonchev–Trinajstić information content (AvgIpc) is 3.62. The van der Waals surface area contributed by atoms with Gasteiger partial charge in [0, 0.05) is 44.6 Å². The van der Waals surface area contributed by atoms with Gasteiger partial charge in [-0.15, -0.1) is 0 Å². The lowest BCUT2D eigenvalue weighted by atomic mass is 9.92. The Balaban J connectivity index is 1.20. The lowest BCUT2D eigenvalue weighted by molar-refractivity contribution is 0.669. The fourth-order valence-corrected chi connectivity index (χ4v) is 7.91. The van der Waals surface area contributed by atoms with Crippen molar-refractivity contribution >= 4 is 65.2 Å². The molecule has 0 saturated carbocycles. The van der Waals surface area contributed by atoms with Gasteiger partial charge >= 0.3 is 0 Å². The molecule has 0 fully saturated rings. The highest BCUT2D eigenvalue weighted by Crippen LogP contribution is 2.43. The summed E-state index contributed by atoms with van der Waals surface area (Å²) in [5, 5.41) is 9.99. The minimum absolute atomic E-state index is 0.597. The summed E-state index contributed by atoms with van der Waals surface area (Å²) in [5.41, 5.74) is 7.40. The molecule has 0 aliphatic carbocycles. The van der Waals surface area contributed by atoms with Gasteiger partial charge in [-0.1, -0.05) is 127 Å². The molecule has 11 aromatic rings. The number of furan rings is 1. The topological polar surface area (TPSA) is 64.7 Å². The van der Waals surface area contributed by atoms with Crippen LogP contribution in [0.3, 0.4) is 0 Å². The Bertz CT molecular complexity index is 3240. The van der Waals surface area contributed by atoms with Crippen molar-refractivity contribution in [3.8, 4) is 45.3 Å². The standard InChI is InChI=1S/C48H28N4O/c1-2-13-29(14-3-1)46-50-47(52-48(51-46)41-26-31-16-5-6-17-33(31)35-19-8-9-20-36(35)41)32-25-30-15-4-7-18-34(30)39(27-32)40-28-43-44(38-22-12-24-49-45(38)40)37-21-10-11-23-42(37)53-43/h1-28H. The van der Waals surface area contributed by atoms with Gasteiger partial charge in [-0.05, 0) is 74.3 Å². The molecule has 8 aromatic carbocycles. The number of hydrogen-bond acceptors (Lipinski definition) is 5. The third-order valence-electron chi connectivity index (χ3n) is 10.3. The lowest BCUT2D eigenvalue weighted by Gasteiger charge is -2.15. The smallest absolute Gasteiger partial charge is 0.164 e. The van der Waals surface area contributed by atoms with Gasteiger partial charge < -0.3 is 4.42 Å². The fraction of sp³-hybridized carbons (Fsp3) is 0. The average molecular weight is 677 g/mol. The summed E-state index contributed by atoms with van der Waals surface area (Å²) in [4.78, 5) is 20.6. The number of fused-ring (bicyclic) bond motifs is 9.